The van der Waals surface area contributed by atoms with Gasteiger partial charge in [-0.1, -0.05) is 0 Å². The Hall–Kier alpha value is -0.570. The van der Waals surface area contributed by atoms with E-state index in [9.17, 15) is 4.79 Å². The molecule has 2 saturated heterocycles. The Morgan fingerprint density at radius 2 is 2.00 bits per heavy atom. The molecule has 2 aliphatic heterocycles. The zero-order valence-corrected chi connectivity index (χ0v) is 8.49. The summed E-state index contributed by atoms with van der Waals surface area (Å²) in [5, 5.41) is 0. The van der Waals surface area contributed by atoms with E-state index in [1.165, 1.54) is 19.4 Å². The lowest BCUT2D eigenvalue weighted by atomic mass is 10.0. The molecule has 3 nitrogen and oxygen atoms in total. The van der Waals surface area contributed by atoms with E-state index in [-0.39, 0.29) is 0 Å². The molecule has 74 valence electrons. The molecule has 0 aromatic heterocycles. The minimum absolute atomic E-state index is 0.324. The van der Waals surface area contributed by atoms with Gasteiger partial charge in [0.05, 0.1) is 0 Å². The first-order valence-electron chi connectivity index (χ1n) is 5.16. The fourth-order valence-electron chi connectivity index (χ4n) is 2.70. The number of carbonyl (C=O) groups excluding carboxylic acids is 1. The molecule has 1 amide bonds. The Kier molecular flexibility index (Phi) is 2.28. The molecule has 2 fully saturated rings. The van der Waals surface area contributed by atoms with E-state index in [2.05, 4.69) is 11.9 Å². The first-order valence-corrected chi connectivity index (χ1v) is 5.16. The molecule has 0 aromatic carbocycles. The number of likely N-dealkylation sites (N-methyl/N-ethyl adjacent to an activating group) is 2. The normalized spacial score (nSPS) is 36.2. The topological polar surface area (TPSA) is 23.6 Å². The molecular formula is C10H18N2O. The zero-order chi connectivity index (χ0) is 9.42. The molecule has 0 aliphatic carbocycles. The van der Waals surface area contributed by atoms with Gasteiger partial charge in [-0.15, -0.1) is 0 Å². The van der Waals surface area contributed by atoms with Crippen LogP contribution >= 0.6 is 0 Å². The van der Waals surface area contributed by atoms with Crippen molar-refractivity contribution in [2.45, 2.75) is 37.8 Å². The van der Waals surface area contributed by atoms with Crippen molar-refractivity contribution in [3.05, 3.63) is 0 Å². The van der Waals surface area contributed by atoms with E-state index < -0.39 is 0 Å². The van der Waals surface area contributed by atoms with Crippen molar-refractivity contribution < 1.29 is 4.79 Å². The Bertz CT molecular complexity index is 217. The van der Waals surface area contributed by atoms with E-state index in [0.717, 1.165) is 12.8 Å². The minimum atomic E-state index is 0.324. The minimum Gasteiger partial charge on any atom is -0.341 e. The monoisotopic (exact) mass is 182 g/mol. The molecular weight excluding hydrogens is 164 g/mol. The first kappa shape index (κ1) is 9.00. The van der Waals surface area contributed by atoms with Crippen molar-refractivity contribution in [2.75, 3.05) is 20.6 Å². The summed E-state index contributed by atoms with van der Waals surface area (Å²) < 4.78 is 0. The second-order valence-corrected chi connectivity index (χ2v) is 4.30. The SMILES string of the molecule is CN1CCCC1C1CCC(=O)N1C. The van der Waals surface area contributed by atoms with Crippen LogP contribution in [0.3, 0.4) is 0 Å². The lowest BCUT2D eigenvalue weighted by molar-refractivity contribution is -0.128. The maximum absolute atomic E-state index is 11.4. The number of hydrogen-bond acceptors (Lipinski definition) is 2. The van der Waals surface area contributed by atoms with Crippen molar-refractivity contribution >= 4 is 5.91 Å². The molecule has 0 saturated carbocycles. The van der Waals surface area contributed by atoms with Crippen LogP contribution in [0.1, 0.15) is 25.7 Å². The predicted molar refractivity (Wildman–Crippen MR) is 51.4 cm³/mol. The highest BCUT2D eigenvalue weighted by molar-refractivity contribution is 5.78. The van der Waals surface area contributed by atoms with Gasteiger partial charge in [0.1, 0.15) is 0 Å². The van der Waals surface area contributed by atoms with Gasteiger partial charge in [-0.05, 0) is 32.9 Å². The van der Waals surface area contributed by atoms with Crippen molar-refractivity contribution in [2.24, 2.45) is 0 Å². The van der Waals surface area contributed by atoms with Crippen LogP contribution in [0, 0.1) is 0 Å². The average molecular weight is 182 g/mol. The molecule has 13 heavy (non-hydrogen) atoms. The molecule has 0 spiro atoms. The molecule has 2 heterocycles. The molecule has 0 radical (unpaired) electrons. The van der Waals surface area contributed by atoms with Crippen LogP contribution in [0.15, 0.2) is 0 Å². The first-order chi connectivity index (χ1) is 6.20. The van der Waals surface area contributed by atoms with Crippen LogP contribution in [0.2, 0.25) is 0 Å². The van der Waals surface area contributed by atoms with Crippen LogP contribution < -0.4 is 0 Å². The molecule has 3 heteroatoms. The Balaban J connectivity index is 2.04. The Morgan fingerprint density at radius 1 is 1.23 bits per heavy atom. The van der Waals surface area contributed by atoms with Crippen molar-refractivity contribution in [1.82, 2.24) is 9.80 Å². The van der Waals surface area contributed by atoms with E-state index in [0.29, 0.717) is 18.0 Å². The van der Waals surface area contributed by atoms with Gasteiger partial charge < -0.3 is 9.80 Å². The van der Waals surface area contributed by atoms with Gasteiger partial charge >= 0.3 is 0 Å². The summed E-state index contributed by atoms with van der Waals surface area (Å²) in [5.74, 6) is 0.324. The van der Waals surface area contributed by atoms with Gasteiger partial charge in [0, 0.05) is 25.6 Å². The molecule has 0 bridgehead atoms. The van der Waals surface area contributed by atoms with Gasteiger partial charge in [0.15, 0.2) is 0 Å². The molecule has 2 aliphatic rings. The number of nitrogens with zero attached hydrogens (tertiary/aromatic N) is 2. The van der Waals surface area contributed by atoms with E-state index >= 15 is 0 Å². The third-order valence-corrected chi connectivity index (χ3v) is 3.57. The summed E-state index contributed by atoms with van der Waals surface area (Å²) in [5.41, 5.74) is 0. The maximum atomic E-state index is 11.4. The number of likely N-dealkylation sites (tertiary alicyclic amines) is 2. The molecule has 2 rings (SSSR count). The summed E-state index contributed by atoms with van der Waals surface area (Å²) >= 11 is 0. The van der Waals surface area contributed by atoms with Crippen molar-refractivity contribution in [3.63, 3.8) is 0 Å². The maximum Gasteiger partial charge on any atom is 0.222 e. The summed E-state index contributed by atoms with van der Waals surface area (Å²) in [7, 11) is 4.13. The lowest BCUT2D eigenvalue weighted by Gasteiger charge is -2.30. The highest BCUT2D eigenvalue weighted by Gasteiger charge is 2.37. The Morgan fingerprint density at radius 3 is 2.46 bits per heavy atom. The standard InChI is InChI=1S/C10H18N2O/c1-11-7-3-4-8(11)9-5-6-10(13)12(9)2/h8-9H,3-7H2,1-2H3. The quantitative estimate of drug-likeness (QED) is 0.596. The fraction of sp³-hybridized carbons (Fsp3) is 0.900. The summed E-state index contributed by atoms with van der Waals surface area (Å²) in [4.78, 5) is 15.7. The van der Waals surface area contributed by atoms with Crippen LogP contribution in [0.5, 0.6) is 0 Å². The molecule has 0 aromatic rings. The molecule has 0 N–H and O–H groups in total. The van der Waals surface area contributed by atoms with Crippen molar-refractivity contribution in [3.8, 4) is 0 Å². The third-order valence-electron chi connectivity index (χ3n) is 3.57. The van der Waals surface area contributed by atoms with Gasteiger partial charge in [-0.2, -0.15) is 0 Å². The second-order valence-electron chi connectivity index (χ2n) is 4.30. The number of hydrogen-bond donors (Lipinski definition) is 0. The van der Waals surface area contributed by atoms with E-state index in [1.807, 2.05) is 11.9 Å². The number of carbonyl (C=O) groups is 1. The third kappa shape index (κ3) is 1.46. The highest BCUT2D eigenvalue weighted by Crippen LogP contribution is 2.28. The van der Waals surface area contributed by atoms with E-state index in [1.54, 1.807) is 0 Å². The van der Waals surface area contributed by atoms with E-state index in [4.69, 9.17) is 0 Å². The van der Waals surface area contributed by atoms with Crippen LogP contribution in [0.25, 0.3) is 0 Å². The average Bonchev–Trinajstić information content (AvgIpc) is 2.62. The van der Waals surface area contributed by atoms with Gasteiger partial charge in [-0.25, -0.2) is 0 Å². The van der Waals surface area contributed by atoms with Crippen LogP contribution in [-0.2, 0) is 4.79 Å². The number of amides is 1. The highest BCUT2D eigenvalue weighted by atomic mass is 16.2. The summed E-state index contributed by atoms with van der Waals surface area (Å²) in [6, 6.07) is 1.11. The summed E-state index contributed by atoms with van der Waals surface area (Å²) in [6.07, 6.45) is 4.37. The Labute approximate surface area is 79.7 Å². The van der Waals surface area contributed by atoms with Gasteiger partial charge in [0.2, 0.25) is 5.91 Å². The second kappa shape index (κ2) is 3.29. The largest absolute Gasteiger partial charge is 0.341 e. The molecule has 2 atom stereocenters. The van der Waals surface area contributed by atoms with Gasteiger partial charge in [-0.3, -0.25) is 4.79 Å². The van der Waals surface area contributed by atoms with Gasteiger partial charge in [0.25, 0.3) is 0 Å². The molecule has 2 unspecified atom stereocenters. The van der Waals surface area contributed by atoms with Crippen LogP contribution in [-0.4, -0.2) is 48.4 Å². The van der Waals surface area contributed by atoms with Crippen LogP contribution in [0.4, 0.5) is 0 Å². The fourth-order valence-corrected chi connectivity index (χ4v) is 2.70. The smallest absolute Gasteiger partial charge is 0.222 e. The lowest BCUT2D eigenvalue weighted by Crippen LogP contribution is -2.44. The number of rotatable bonds is 1. The zero-order valence-electron chi connectivity index (χ0n) is 8.49. The predicted octanol–water partition coefficient (Wildman–Crippen LogP) is 0.701. The van der Waals surface area contributed by atoms with Crippen molar-refractivity contribution in [1.29, 1.82) is 0 Å². The summed E-state index contributed by atoms with van der Waals surface area (Å²) in [6.45, 7) is 1.20.